The minimum atomic E-state index is -0.355. The van der Waals surface area contributed by atoms with Gasteiger partial charge in [-0.05, 0) is 30.9 Å². The molecule has 1 saturated carbocycles. The second-order valence-electron chi connectivity index (χ2n) is 6.67. The van der Waals surface area contributed by atoms with Gasteiger partial charge < -0.3 is 10.1 Å². The molecule has 1 aliphatic rings. The number of rotatable bonds is 6. The summed E-state index contributed by atoms with van der Waals surface area (Å²) in [5.74, 6) is -0.0642. The summed E-state index contributed by atoms with van der Waals surface area (Å²) in [6.07, 6.45) is 5.32. The molecule has 0 unspecified atom stereocenters. The molecule has 1 N–H and O–H groups in total. The number of carbonyl (C=O) groups excluding carboxylic acids is 2. The SMILES string of the molecule is C[C@H]1CCCC[C@@H]1NC(=O)COC(=O)CCc1nc2ccccc2s1. The van der Waals surface area contributed by atoms with E-state index in [2.05, 4.69) is 17.2 Å². The number of para-hydroxylation sites is 1. The van der Waals surface area contributed by atoms with Crippen LogP contribution in [0.2, 0.25) is 0 Å². The lowest BCUT2D eigenvalue weighted by Gasteiger charge is -2.29. The predicted molar refractivity (Wildman–Crippen MR) is 98.5 cm³/mol. The minimum absolute atomic E-state index is 0.193. The van der Waals surface area contributed by atoms with Crippen LogP contribution in [0.4, 0.5) is 0 Å². The van der Waals surface area contributed by atoms with Gasteiger partial charge in [-0.1, -0.05) is 31.9 Å². The van der Waals surface area contributed by atoms with Crippen molar-refractivity contribution in [2.24, 2.45) is 5.92 Å². The number of nitrogens with zero attached hydrogens (tertiary/aromatic N) is 1. The Hall–Kier alpha value is -1.95. The van der Waals surface area contributed by atoms with E-state index in [0.717, 1.165) is 34.5 Å². The van der Waals surface area contributed by atoms with Gasteiger partial charge in [0.05, 0.1) is 21.6 Å². The van der Waals surface area contributed by atoms with E-state index in [1.165, 1.54) is 6.42 Å². The molecule has 2 aromatic rings. The van der Waals surface area contributed by atoms with Crippen molar-refractivity contribution in [2.45, 2.75) is 51.5 Å². The van der Waals surface area contributed by atoms with E-state index in [9.17, 15) is 9.59 Å². The Morgan fingerprint density at radius 1 is 1.28 bits per heavy atom. The van der Waals surface area contributed by atoms with Gasteiger partial charge in [0.1, 0.15) is 0 Å². The molecule has 1 aliphatic carbocycles. The number of carbonyl (C=O) groups is 2. The highest BCUT2D eigenvalue weighted by Crippen LogP contribution is 2.24. The van der Waals surface area contributed by atoms with Crippen LogP contribution < -0.4 is 5.32 Å². The number of fused-ring (bicyclic) bond motifs is 1. The number of thiazole rings is 1. The average Bonchev–Trinajstić information content (AvgIpc) is 3.03. The van der Waals surface area contributed by atoms with Crippen molar-refractivity contribution >= 4 is 33.4 Å². The Bertz CT molecular complexity index is 710. The molecule has 0 radical (unpaired) electrons. The molecule has 6 heteroatoms. The molecular weight excluding hydrogens is 336 g/mol. The number of hydrogen-bond donors (Lipinski definition) is 1. The highest BCUT2D eigenvalue weighted by molar-refractivity contribution is 7.18. The third-order valence-corrected chi connectivity index (χ3v) is 5.80. The number of hydrogen-bond acceptors (Lipinski definition) is 5. The fraction of sp³-hybridized carbons (Fsp3) is 0.526. The van der Waals surface area contributed by atoms with Crippen LogP contribution in [0.25, 0.3) is 10.2 Å². The summed E-state index contributed by atoms with van der Waals surface area (Å²) >= 11 is 1.59. The van der Waals surface area contributed by atoms with Crippen molar-refractivity contribution in [1.82, 2.24) is 10.3 Å². The predicted octanol–water partition coefficient (Wildman–Crippen LogP) is 3.47. The van der Waals surface area contributed by atoms with Crippen LogP contribution in [0.1, 0.15) is 44.0 Å². The van der Waals surface area contributed by atoms with Crippen LogP contribution in [0.3, 0.4) is 0 Å². The van der Waals surface area contributed by atoms with E-state index in [1.54, 1.807) is 11.3 Å². The lowest BCUT2D eigenvalue weighted by Crippen LogP contribution is -2.42. The van der Waals surface area contributed by atoms with Gasteiger partial charge in [0.15, 0.2) is 6.61 Å². The Morgan fingerprint density at radius 2 is 2.08 bits per heavy atom. The van der Waals surface area contributed by atoms with Gasteiger partial charge in [-0.2, -0.15) is 0 Å². The Morgan fingerprint density at radius 3 is 2.88 bits per heavy atom. The van der Waals surface area contributed by atoms with Crippen molar-refractivity contribution in [1.29, 1.82) is 0 Å². The molecule has 3 rings (SSSR count). The molecule has 134 valence electrons. The fourth-order valence-corrected chi connectivity index (χ4v) is 4.20. The normalized spacial score (nSPS) is 20.4. The van der Waals surface area contributed by atoms with Gasteiger partial charge >= 0.3 is 5.97 Å². The lowest BCUT2D eigenvalue weighted by molar-refractivity contribution is -0.148. The smallest absolute Gasteiger partial charge is 0.306 e. The average molecular weight is 360 g/mol. The number of aryl methyl sites for hydroxylation is 1. The summed E-state index contributed by atoms with van der Waals surface area (Å²) < 4.78 is 6.22. The molecule has 5 nitrogen and oxygen atoms in total. The molecular formula is C19H24N2O3S. The third-order valence-electron chi connectivity index (χ3n) is 4.70. The molecule has 2 atom stereocenters. The van der Waals surface area contributed by atoms with Crippen LogP contribution in [0.5, 0.6) is 0 Å². The number of ether oxygens (including phenoxy) is 1. The molecule has 1 aromatic carbocycles. The van der Waals surface area contributed by atoms with E-state index < -0.39 is 0 Å². The van der Waals surface area contributed by atoms with E-state index in [-0.39, 0.29) is 30.9 Å². The van der Waals surface area contributed by atoms with Crippen molar-refractivity contribution in [2.75, 3.05) is 6.61 Å². The molecule has 0 bridgehead atoms. The third kappa shape index (κ3) is 5.01. The fourth-order valence-electron chi connectivity index (χ4n) is 3.23. The quantitative estimate of drug-likeness (QED) is 0.801. The summed E-state index contributed by atoms with van der Waals surface area (Å²) in [6.45, 7) is 1.97. The molecule has 0 aliphatic heterocycles. The van der Waals surface area contributed by atoms with Crippen molar-refractivity contribution in [3.05, 3.63) is 29.3 Å². The summed E-state index contributed by atoms with van der Waals surface area (Å²) in [6, 6.07) is 8.12. The van der Waals surface area contributed by atoms with Crippen molar-refractivity contribution in [3.8, 4) is 0 Å². The zero-order valence-corrected chi connectivity index (χ0v) is 15.3. The monoisotopic (exact) mass is 360 g/mol. The minimum Gasteiger partial charge on any atom is -0.456 e. The van der Waals surface area contributed by atoms with Crippen LogP contribution in [0.15, 0.2) is 24.3 Å². The van der Waals surface area contributed by atoms with E-state index in [1.807, 2.05) is 24.3 Å². The number of esters is 1. The molecule has 0 saturated heterocycles. The number of amides is 1. The van der Waals surface area contributed by atoms with E-state index in [4.69, 9.17) is 4.74 Å². The zero-order chi connectivity index (χ0) is 17.6. The molecule has 1 aromatic heterocycles. The topological polar surface area (TPSA) is 68.3 Å². The number of nitrogens with one attached hydrogen (secondary N) is 1. The first-order chi connectivity index (χ1) is 12.1. The molecule has 0 spiro atoms. The van der Waals surface area contributed by atoms with Gasteiger partial charge in [0, 0.05) is 12.5 Å². The van der Waals surface area contributed by atoms with Gasteiger partial charge in [0.2, 0.25) is 0 Å². The molecule has 1 heterocycles. The van der Waals surface area contributed by atoms with Gasteiger partial charge in [-0.3, -0.25) is 9.59 Å². The maximum absolute atomic E-state index is 12.0. The first-order valence-corrected chi connectivity index (χ1v) is 9.73. The maximum atomic E-state index is 12.0. The van der Waals surface area contributed by atoms with Crippen molar-refractivity contribution < 1.29 is 14.3 Å². The highest BCUT2D eigenvalue weighted by Gasteiger charge is 2.23. The Labute approximate surface area is 151 Å². The molecule has 1 fully saturated rings. The maximum Gasteiger partial charge on any atom is 0.306 e. The van der Waals surface area contributed by atoms with Crippen LogP contribution in [-0.4, -0.2) is 29.5 Å². The lowest BCUT2D eigenvalue weighted by atomic mass is 9.86. The summed E-state index contributed by atoms with van der Waals surface area (Å²) in [4.78, 5) is 28.3. The summed E-state index contributed by atoms with van der Waals surface area (Å²) in [5, 5.41) is 3.90. The second-order valence-corrected chi connectivity index (χ2v) is 7.79. The van der Waals surface area contributed by atoms with E-state index in [0.29, 0.717) is 12.3 Å². The summed E-state index contributed by atoms with van der Waals surface area (Å²) in [7, 11) is 0. The van der Waals surface area contributed by atoms with E-state index >= 15 is 0 Å². The first kappa shape index (κ1) is 17.9. The van der Waals surface area contributed by atoms with Crippen LogP contribution in [0, 0.1) is 5.92 Å². The number of benzene rings is 1. The van der Waals surface area contributed by atoms with Gasteiger partial charge in [-0.25, -0.2) is 4.98 Å². The number of aromatic nitrogens is 1. The van der Waals surface area contributed by atoms with Gasteiger partial charge in [-0.15, -0.1) is 11.3 Å². The Balaban J connectivity index is 1.39. The largest absolute Gasteiger partial charge is 0.456 e. The first-order valence-electron chi connectivity index (χ1n) is 8.91. The highest BCUT2D eigenvalue weighted by atomic mass is 32.1. The van der Waals surface area contributed by atoms with Gasteiger partial charge in [0.25, 0.3) is 5.91 Å². The van der Waals surface area contributed by atoms with Crippen molar-refractivity contribution in [3.63, 3.8) is 0 Å². The Kier molecular flexibility index (Phi) is 6.02. The van der Waals surface area contributed by atoms with Crippen LogP contribution in [-0.2, 0) is 20.7 Å². The molecule has 25 heavy (non-hydrogen) atoms. The standard InChI is InChI=1S/C19H24N2O3S/c1-13-6-2-3-7-14(13)20-17(22)12-24-19(23)11-10-18-21-15-8-4-5-9-16(15)25-18/h4-5,8-9,13-14H,2-3,6-7,10-12H2,1H3,(H,20,22)/t13-,14-/m0/s1. The zero-order valence-electron chi connectivity index (χ0n) is 14.5. The second kappa shape index (κ2) is 8.43. The summed E-state index contributed by atoms with van der Waals surface area (Å²) in [5.41, 5.74) is 0.955. The van der Waals surface area contributed by atoms with Crippen LogP contribution >= 0.6 is 11.3 Å². The molecule has 1 amide bonds.